The van der Waals surface area contributed by atoms with Gasteiger partial charge in [-0.15, -0.1) is 0 Å². The molecular formula is C48H79N3O36. The maximum absolute atomic E-state index is 13.5. The van der Waals surface area contributed by atoms with Crippen molar-refractivity contribution in [3.63, 3.8) is 0 Å². The zero-order valence-corrected chi connectivity index (χ0v) is 46.7. The molecule has 0 spiro atoms. The van der Waals surface area contributed by atoms with E-state index in [4.69, 9.17) is 52.1 Å². The van der Waals surface area contributed by atoms with Crippen LogP contribution in [0.25, 0.3) is 0 Å². The summed E-state index contributed by atoms with van der Waals surface area (Å²) in [5.41, 5.74) is 0. The Labute approximate surface area is 491 Å². The molecule has 6 aliphatic rings. The minimum Gasteiger partial charge on any atom is -0.477 e. The highest BCUT2D eigenvalue weighted by molar-refractivity contribution is 5.77. The van der Waals surface area contributed by atoms with E-state index in [1.54, 1.807) is 0 Å². The number of aliphatic hydroxyl groups is 18. The van der Waals surface area contributed by atoms with E-state index in [0.29, 0.717) is 0 Å². The summed E-state index contributed by atoms with van der Waals surface area (Å²) < 4.78 is 64.7. The number of ether oxygens (including phenoxy) is 11. The molecular weight excluding hydrogens is 1190 g/mol. The Morgan fingerprint density at radius 2 is 0.931 bits per heavy atom. The Balaban J connectivity index is 1.52. The summed E-state index contributed by atoms with van der Waals surface area (Å²) in [4.78, 5) is 64.7. The third-order valence-electron chi connectivity index (χ3n) is 15.5. The van der Waals surface area contributed by atoms with E-state index in [2.05, 4.69) is 16.0 Å². The second-order valence-electron chi connectivity index (χ2n) is 21.8. The minimum atomic E-state index is -3.37. The predicted octanol–water partition coefficient (Wildman–Crippen LogP) is -14.2. The second-order valence-corrected chi connectivity index (χ2v) is 21.8. The number of rotatable bonds is 24. The van der Waals surface area contributed by atoms with Gasteiger partial charge in [0.25, 0.3) is 11.6 Å². The van der Waals surface area contributed by atoms with Gasteiger partial charge >= 0.3 is 11.9 Å². The molecule has 0 aliphatic carbocycles. The SMILES string of the molecule is CC(=O)N[C@H]1[C@H](O[C@H]2[C@@H](O)[C@@H](CO)OC(O)[C@@H]2O)O[C@H](CO[C@]2(C(=O)O)C[C@H](O)[C@@H](NC(C)=O)[C@H]([C@H](O)[C@H](O)CO)O2)[C@@H](O[C@@H]2O[C@@H](C)[C@@H](O)[C@@H](O)[C@@H]2O)[C@@H]1O[C@@H]1O[C@H](CO)[C@H](O)[C@H](O[C@]2(C(=O)O)C[C@H](O)[C@@H](NC(C)=O)[C@H]([C@H](O)[C@H](O)CO)O2)[C@H]1O. The average molecular weight is 1270 g/mol. The number of hydrogen-bond acceptors (Lipinski definition) is 34. The van der Waals surface area contributed by atoms with Gasteiger partial charge in [-0.25, -0.2) is 9.59 Å². The maximum atomic E-state index is 13.5. The van der Waals surface area contributed by atoms with Crippen molar-refractivity contribution in [3.05, 3.63) is 0 Å². The van der Waals surface area contributed by atoms with Crippen LogP contribution in [0.1, 0.15) is 40.5 Å². The van der Waals surface area contributed by atoms with Crippen LogP contribution in [0.2, 0.25) is 0 Å². The first kappa shape index (κ1) is 72.3. The Hall–Kier alpha value is -3.81. The molecule has 0 aromatic rings. The fraction of sp³-hybridized carbons (Fsp3) is 0.896. The Bertz CT molecular complexity index is 2300. The van der Waals surface area contributed by atoms with E-state index in [1.807, 2.05) is 0 Å². The molecule has 6 saturated heterocycles. The van der Waals surface area contributed by atoms with Crippen LogP contribution in [0.4, 0.5) is 0 Å². The number of aliphatic carboxylic acids is 2. The third-order valence-corrected chi connectivity index (χ3v) is 15.5. The molecule has 0 aromatic heterocycles. The summed E-state index contributed by atoms with van der Waals surface area (Å²) in [6.45, 7) is -2.19. The standard InChI is InChI=1S/C48H79N3O36/c1-12-26(63)31(68)32(69)43(78-12)82-35-22(11-77-47(45(73)74)5-16(59)23(49-13(2)56)36(85-47)27(64)18(61)7-52)81-42(84-39-29(66)20(9-54)79-41(72)33(39)70)25(51-15(4)58)38(35)83-44-34(71)40(30(67)21(10-55)80-44)87-48(46(75)76)6-17(60)24(50-14(3)57)37(86-48)28(65)19(62)8-53/h12,16-44,52-55,59-72H,5-11H2,1-4H3,(H,49,56)(H,50,57)(H,51,58)(H,73,74)(H,75,76)/t12-,16-,17-,18+,19+,20+,21+,22+,23+,24+,25+,26+,27+,28+,29-,30-,31+,32-,33+,34+,35+,36+,37+,38+,39-,40-,41?,42-,43-,44-,47+,48-/m0/s1. The molecule has 0 radical (unpaired) electrons. The van der Waals surface area contributed by atoms with Crippen LogP contribution in [0.5, 0.6) is 0 Å². The summed E-state index contributed by atoms with van der Waals surface area (Å²) in [6, 6.07) is -5.68. The monoisotopic (exact) mass is 1270 g/mol. The van der Waals surface area contributed by atoms with Crippen molar-refractivity contribution < 1.29 is 178 Å². The number of carboxylic acid groups (broad SMARTS) is 2. The van der Waals surface area contributed by atoms with Crippen LogP contribution in [-0.4, -0.2) is 360 Å². The third kappa shape index (κ3) is 15.7. The van der Waals surface area contributed by atoms with Crippen molar-refractivity contribution in [3.8, 4) is 0 Å². The van der Waals surface area contributed by atoms with Crippen molar-refractivity contribution in [2.45, 2.75) is 236 Å². The van der Waals surface area contributed by atoms with Gasteiger partial charge in [0.15, 0.2) is 25.2 Å². The Morgan fingerprint density at radius 3 is 1.43 bits per heavy atom. The number of hydrogen-bond donors (Lipinski definition) is 23. The second kappa shape index (κ2) is 30.1. The zero-order valence-electron chi connectivity index (χ0n) is 46.7. The molecule has 1 unspecified atom stereocenters. The maximum Gasteiger partial charge on any atom is 0.364 e. The van der Waals surface area contributed by atoms with Crippen LogP contribution >= 0.6 is 0 Å². The lowest BCUT2D eigenvalue weighted by Crippen LogP contribution is -2.72. The van der Waals surface area contributed by atoms with Gasteiger partial charge in [-0.3, -0.25) is 14.4 Å². The van der Waals surface area contributed by atoms with Gasteiger partial charge in [-0.1, -0.05) is 0 Å². The van der Waals surface area contributed by atoms with Crippen molar-refractivity contribution in [1.82, 2.24) is 16.0 Å². The average Bonchev–Trinajstić information content (AvgIpc) is 1.12. The number of amides is 3. The number of carbonyl (C=O) groups excluding carboxylic acids is 3. The Morgan fingerprint density at radius 1 is 0.494 bits per heavy atom. The fourth-order valence-corrected chi connectivity index (χ4v) is 11.0. The molecule has 3 amide bonds. The molecule has 6 fully saturated rings. The first-order chi connectivity index (χ1) is 40.7. The molecule has 87 heavy (non-hydrogen) atoms. The van der Waals surface area contributed by atoms with Crippen LogP contribution in [0, 0.1) is 0 Å². The normalized spacial score (nSPS) is 45.0. The van der Waals surface area contributed by atoms with Gasteiger partial charge in [-0.2, -0.15) is 0 Å². The summed E-state index contributed by atoms with van der Waals surface area (Å²) in [6.07, 6.45) is -62.1. The molecule has 6 aliphatic heterocycles. The molecule has 502 valence electrons. The minimum absolute atomic E-state index is 0.865. The summed E-state index contributed by atoms with van der Waals surface area (Å²) in [7, 11) is 0. The van der Waals surface area contributed by atoms with Crippen molar-refractivity contribution >= 4 is 29.7 Å². The van der Waals surface area contributed by atoms with E-state index >= 15 is 0 Å². The summed E-state index contributed by atoms with van der Waals surface area (Å²) >= 11 is 0. The first-order valence-electron chi connectivity index (χ1n) is 27.2. The van der Waals surface area contributed by atoms with Crippen LogP contribution < -0.4 is 16.0 Å². The number of carboxylic acids is 2. The lowest BCUT2D eigenvalue weighted by molar-refractivity contribution is -0.399. The molecule has 6 heterocycles. The van der Waals surface area contributed by atoms with Crippen LogP contribution in [0.15, 0.2) is 0 Å². The highest BCUT2D eigenvalue weighted by atomic mass is 16.8. The van der Waals surface area contributed by atoms with Gasteiger partial charge < -0.3 is 170 Å². The van der Waals surface area contributed by atoms with Gasteiger partial charge in [0.2, 0.25) is 17.7 Å². The number of carbonyl (C=O) groups is 5. The van der Waals surface area contributed by atoms with E-state index in [0.717, 1.165) is 20.8 Å². The first-order valence-corrected chi connectivity index (χ1v) is 27.2. The molecule has 0 bridgehead atoms. The molecule has 0 aromatic carbocycles. The van der Waals surface area contributed by atoms with E-state index in [-0.39, 0.29) is 0 Å². The number of nitrogens with one attached hydrogen (secondary N) is 3. The predicted molar refractivity (Wildman–Crippen MR) is 267 cm³/mol. The molecule has 23 N–H and O–H groups in total. The highest BCUT2D eigenvalue weighted by Crippen LogP contribution is 2.41. The summed E-state index contributed by atoms with van der Waals surface area (Å²) in [5, 5.41) is 225. The molecule has 32 atom stereocenters. The van der Waals surface area contributed by atoms with Gasteiger partial charge in [-0.05, 0) is 6.92 Å². The highest BCUT2D eigenvalue weighted by Gasteiger charge is 2.63. The van der Waals surface area contributed by atoms with Gasteiger partial charge in [0.1, 0.15) is 128 Å². The van der Waals surface area contributed by atoms with E-state index in [9.17, 15) is 126 Å². The van der Waals surface area contributed by atoms with Crippen LogP contribution in [-0.2, 0) is 76.1 Å². The molecule has 6 rings (SSSR count). The lowest BCUT2D eigenvalue weighted by atomic mass is 9.88. The Kier molecular flexibility index (Phi) is 25.0. The quantitative estimate of drug-likeness (QED) is 0.0427. The summed E-state index contributed by atoms with van der Waals surface area (Å²) in [5.74, 6) is -13.8. The zero-order chi connectivity index (χ0) is 65.1. The molecule has 39 heteroatoms. The van der Waals surface area contributed by atoms with E-state index in [1.165, 1.54) is 6.92 Å². The smallest absolute Gasteiger partial charge is 0.364 e. The lowest BCUT2D eigenvalue weighted by Gasteiger charge is -2.53. The van der Waals surface area contributed by atoms with Crippen molar-refractivity contribution in [2.75, 3.05) is 33.0 Å². The van der Waals surface area contributed by atoms with Crippen molar-refractivity contribution in [2.24, 2.45) is 0 Å². The van der Waals surface area contributed by atoms with Gasteiger partial charge in [0.05, 0.1) is 63.4 Å². The largest absolute Gasteiger partial charge is 0.477 e. The molecule has 39 nitrogen and oxygen atoms in total. The van der Waals surface area contributed by atoms with Crippen molar-refractivity contribution in [1.29, 1.82) is 0 Å². The number of aliphatic hydroxyl groups excluding tert-OH is 18. The fourth-order valence-electron chi connectivity index (χ4n) is 11.0. The van der Waals surface area contributed by atoms with E-state index < -0.39 is 271 Å². The molecule has 0 saturated carbocycles. The van der Waals surface area contributed by atoms with Gasteiger partial charge in [0, 0.05) is 33.6 Å². The topological polar surface area (TPSA) is 628 Å². The van der Waals surface area contributed by atoms with Crippen LogP contribution in [0.3, 0.4) is 0 Å².